The van der Waals surface area contributed by atoms with Gasteiger partial charge in [-0.15, -0.1) is 0 Å². The molecule has 2 aliphatic rings. The molecular weight excluding hydrogens is 588 g/mol. The molecule has 13 heteroatoms. The van der Waals surface area contributed by atoms with Gasteiger partial charge in [0.15, 0.2) is 0 Å². The summed E-state index contributed by atoms with van der Waals surface area (Å²) in [6, 6.07) is 16.3. The Balaban J connectivity index is 1.11. The fourth-order valence-electron chi connectivity index (χ4n) is 5.75. The van der Waals surface area contributed by atoms with Gasteiger partial charge < -0.3 is 20.1 Å². The van der Waals surface area contributed by atoms with Crippen LogP contribution in [0.4, 0.5) is 26.0 Å². The quantitative estimate of drug-likeness (QED) is 0.232. The van der Waals surface area contributed by atoms with Crippen LogP contribution in [-0.4, -0.2) is 67.4 Å². The van der Waals surface area contributed by atoms with E-state index in [-0.39, 0.29) is 43.6 Å². The van der Waals surface area contributed by atoms with Gasteiger partial charge in [-0.25, -0.2) is 27.2 Å². The number of H-pyrrole nitrogens is 1. The number of alkyl halides is 2. The van der Waals surface area contributed by atoms with Gasteiger partial charge in [-0.2, -0.15) is 0 Å². The van der Waals surface area contributed by atoms with Gasteiger partial charge in [-0.05, 0) is 54.0 Å². The molecule has 44 heavy (non-hydrogen) atoms. The molecule has 0 bridgehead atoms. The predicted octanol–water partition coefficient (Wildman–Crippen LogP) is 4.68. The predicted molar refractivity (Wildman–Crippen MR) is 167 cm³/mol. The summed E-state index contributed by atoms with van der Waals surface area (Å²) in [5.74, 6) is -2.43. The van der Waals surface area contributed by atoms with Crippen molar-refractivity contribution in [3.63, 3.8) is 0 Å². The fourth-order valence-corrected chi connectivity index (χ4v) is 6.93. The molecule has 0 spiro atoms. The molecule has 4 heterocycles. The van der Waals surface area contributed by atoms with Crippen LogP contribution in [0.5, 0.6) is 0 Å². The topological polar surface area (TPSA) is 123 Å². The zero-order valence-electron chi connectivity index (χ0n) is 24.0. The van der Waals surface area contributed by atoms with Gasteiger partial charge in [0, 0.05) is 62.1 Å². The molecule has 1 atom stereocenters. The molecule has 0 aliphatic carbocycles. The normalized spacial score (nSPS) is 18.4. The summed E-state index contributed by atoms with van der Waals surface area (Å²) < 4.78 is 56.1. The number of hydrogen-bond acceptors (Lipinski definition) is 7. The molecule has 2 aliphatic heterocycles. The molecule has 230 valence electrons. The second kappa shape index (κ2) is 11.9. The Morgan fingerprint density at radius 1 is 1.07 bits per heavy atom. The highest BCUT2D eigenvalue weighted by atomic mass is 32.2. The van der Waals surface area contributed by atoms with Crippen molar-refractivity contribution in [3.05, 3.63) is 79.1 Å². The summed E-state index contributed by atoms with van der Waals surface area (Å²) >= 11 is 0. The molecule has 3 N–H and O–H groups in total. The number of sulfonamides is 1. The Bertz CT molecular complexity index is 1780. The van der Waals surface area contributed by atoms with Crippen LogP contribution in [0.1, 0.15) is 24.8 Å². The minimum Gasteiger partial charge on any atom is -0.369 e. The average Bonchev–Trinajstić information content (AvgIpc) is 3.65. The van der Waals surface area contributed by atoms with Crippen molar-refractivity contribution < 1.29 is 22.0 Å². The molecule has 4 aromatic rings. The Labute approximate surface area is 254 Å². The number of rotatable bonds is 9. The number of halogens is 2. The summed E-state index contributed by atoms with van der Waals surface area (Å²) in [7, 11) is -3.70. The van der Waals surface area contributed by atoms with Gasteiger partial charge >= 0.3 is 0 Å². The van der Waals surface area contributed by atoms with Gasteiger partial charge in [-0.3, -0.25) is 9.52 Å². The van der Waals surface area contributed by atoms with Crippen LogP contribution in [0.2, 0.25) is 0 Å². The van der Waals surface area contributed by atoms with E-state index in [4.69, 9.17) is 0 Å². The number of amides is 1. The SMILES string of the molecule is C=CC(=O)N[C@H]1CCN(c2cccc(CS(=O)(=O)Nc3ccc(-c4cc5c(N6CCC(F)(F)CC6)ncnc5[nH]4)cc3)c2)C1. The first-order valence-corrected chi connectivity index (χ1v) is 16.1. The molecule has 0 radical (unpaired) electrons. The first-order chi connectivity index (χ1) is 21.1. The van der Waals surface area contributed by atoms with E-state index in [2.05, 4.69) is 36.5 Å². The zero-order valence-corrected chi connectivity index (χ0v) is 24.8. The fraction of sp³-hybridized carbons (Fsp3) is 0.323. The molecular formula is C31H33F2N7O3S. The summed E-state index contributed by atoms with van der Waals surface area (Å²) in [4.78, 5) is 27.6. The summed E-state index contributed by atoms with van der Waals surface area (Å²) in [5, 5.41) is 3.65. The number of hydrogen-bond donors (Lipinski definition) is 3. The summed E-state index contributed by atoms with van der Waals surface area (Å²) in [6.07, 6.45) is 3.05. The van der Waals surface area contributed by atoms with Crippen molar-refractivity contribution in [2.75, 3.05) is 40.7 Å². The lowest BCUT2D eigenvalue weighted by Crippen LogP contribution is -2.39. The van der Waals surface area contributed by atoms with Crippen molar-refractivity contribution in [2.24, 2.45) is 0 Å². The highest BCUT2D eigenvalue weighted by Gasteiger charge is 2.35. The molecule has 2 saturated heterocycles. The molecule has 0 saturated carbocycles. The van der Waals surface area contributed by atoms with Crippen molar-refractivity contribution >= 4 is 44.2 Å². The number of anilines is 3. The molecule has 1 amide bonds. The van der Waals surface area contributed by atoms with E-state index in [0.29, 0.717) is 29.3 Å². The standard InChI is InChI=1S/C31H33F2N7O3S/c1-2-28(41)36-24-10-13-40(18-24)25-5-3-4-21(16-25)19-44(42,43)38-23-8-6-22(7-9-23)27-17-26-29(37-27)34-20-35-30(26)39-14-11-31(32,33)12-15-39/h2-9,16-17,20,24,38H,1,10-15,18-19H2,(H,36,41)(H,34,35,37)/t24-/m0/s1. The van der Waals surface area contributed by atoms with Crippen LogP contribution in [0, 0.1) is 0 Å². The highest BCUT2D eigenvalue weighted by Crippen LogP contribution is 2.34. The molecule has 6 rings (SSSR count). The van der Waals surface area contributed by atoms with Crippen molar-refractivity contribution in [1.29, 1.82) is 0 Å². The number of carbonyl (C=O) groups is 1. The lowest BCUT2D eigenvalue weighted by atomic mass is 10.1. The van der Waals surface area contributed by atoms with Crippen LogP contribution in [0.25, 0.3) is 22.3 Å². The Hall–Kier alpha value is -4.52. The van der Waals surface area contributed by atoms with Crippen molar-refractivity contribution in [1.82, 2.24) is 20.3 Å². The molecule has 2 fully saturated rings. The van der Waals surface area contributed by atoms with Crippen LogP contribution in [-0.2, 0) is 20.6 Å². The lowest BCUT2D eigenvalue weighted by molar-refractivity contribution is -0.117. The second-order valence-electron chi connectivity index (χ2n) is 11.2. The van der Waals surface area contributed by atoms with Gasteiger partial charge in [0.1, 0.15) is 17.8 Å². The van der Waals surface area contributed by atoms with Crippen molar-refractivity contribution in [3.8, 4) is 11.3 Å². The largest absolute Gasteiger partial charge is 0.369 e. The van der Waals surface area contributed by atoms with Gasteiger partial charge in [0.2, 0.25) is 15.9 Å². The number of aromatic nitrogens is 3. The van der Waals surface area contributed by atoms with Crippen molar-refractivity contribution in [2.45, 2.75) is 37.0 Å². The number of piperidine rings is 1. The number of fused-ring (bicyclic) bond motifs is 1. The minimum absolute atomic E-state index is 0.0161. The van der Waals surface area contributed by atoms with E-state index in [1.165, 1.54) is 12.4 Å². The zero-order chi connectivity index (χ0) is 30.9. The number of nitrogens with one attached hydrogen (secondary N) is 3. The third-order valence-corrected chi connectivity index (χ3v) is 9.28. The van der Waals surface area contributed by atoms with E-state index >= 15 is 0 Å². The van der Waals surface area contributed by atoms with Crippen LogP contribution in [0.3, 0.4) is 0 Å². The number of aromatic amines is 1. The maximum Gasteiger partial charge on any atom is 0.251 e. The Morgan fingerprint density at radius 3 is 2.59 bits per heavy atom. The van der Waals surface area contributed by atoms with Gasteiger partial charge in [0.25, 0.3) is 5.92 Å². The maximum atomic E-state index is 13.7. The van der Waals surface area contributed by atoms with E-state index < -0.39 is 15.9 Å². The summed E-state index contributed by atoms with van der Waals surface area (Å²) in [6.45, 7) is 5.32. The smallest absolute Gasteiger partial charge is 0.251 e. The van der Waals surface area contributed by atoms with Gasteiger partial charge in [0.05, 0.1) is 11.1 Å². The first-order valence-electron chi connectivity index (χ1n) is 14.4. The second-order valence-corrected chi connectivity index (χ2v) is 13.0. The third-order valence-electron chi connectivity index (χ3n) is 8.02. The van der Waals surface area contributed by atoms with Crippen LogP contribution in [0.15, 0.2) is 73.6 Å². The lowest BCUT2D eigenvalue weighted by Gasteiger charge is -2.32. The van der Waals surface area contributed by atoms with E-state index in [1.54, 1.807) is 30.3 Å². The minimum atomic E-state index is -3.70. The van der Waals surface area contributed by atoms with E-state index in [1.807, 2.05) is 29.2 Å². The molecule has 0 unspecified atom stereocenters. The van der Waals surface area contributed by atoms with Crippen LogP contribution < -0.4 is 19.8 Å². The maximum absolute atomic E-state index is 13.7. The Kier molecular flexibility index (Phi) is 7.97. The van der Waals surface area contributed by atoms with E-state index in [9.17, 15) is 22.0 Å². The van der Waals surface area contributed by atoms with E-state index in [0.717, 1.165) is 35.3 Å². The summed E-state index contributed by atoms with van der Waals surface area (Å²) in [5.41, 5.74) is 4.14. The van der Waals surface area contributed by atoms with Gasteiger partial charge in [-0.1, -0.05) is 30.8 Å². The third kappa shape index (κ3) is 6.67. The number of benzene rings is 2. The average molecular weight is 622 g/mol. The monoisotopic (exact) mass is 621 g/mol. The number of nitrogens with zero attached hydrogens (tertiary/aromatic N) is 4. The molecule has 2 aromatic heterocycles. The highest BCUT2D eigenvalue weighted by molar-refractivity contribution is 7.91. The number of carbonyl (C=O) groups excluding carboxylic acids is 1. The van der Waals surface area contributed by atoms with Crippen LogP contribution >= 0.6 is 0 Å². The Morgan fingerprint density at radius 2 is 1.84 bits per heavy atom. The molecule has 10 nitrogen and oxygen atoms in total. The molecule has 2 aromatic carbocycles. The first kappa shape index (κ1) is 29.5.